The maximum atomic E-state index is 12.2. The van der Waals surface area contributed by atoms with Crippen molar-refractivity contribution in [3.8, 4) is 0 Å². The lowest BCUT2D eigenvalue weighted by molar-refractivity contribution is -0.111. The van der Waals surface area contributed by atoms with Crippen LogP contribution in [0.3, 0.4) is 0 Å². The highest BCUT2D eigenvalue weighted by Gasteiger charge is 2.16. The minimum Gasteiger partial charge on any atom is -0.384 e. The minimum atomic E-state index is -3.41. The number of amides is 1. The smallest absolute Gasteiger partial charge is 0.256 e. The molecule has 0 unspecified atom stereocenters. The second-order valence-electron chi connectivity index (χ2n) is 5.31. The molecule has 1 amide bonds. The van der Waals surface area contributed by atoms with Crippen LogP contribution in [0.2, 0.25) is 0 Å². The fraction of sp³-hybridized carbons (Fsp3) is 0.235. The zero-order valence-electron chi connectivity index (χ0n) is 14.0. The highest BCUT2D eigenvalue weighted by molar-refractivity contribution is 7.91. The maximum Gasteiger partial charge on any atom is 0.256 e. The van der Waals surface area contributed by atoms with E-state index in [1.54, 1.807) is 19.1 Å². The molecule has 0 radical (unpaired) electrons. The number of hydrogen-bond donors (Lipinski definition) is 1. The molecule has 2 aromatic rings. The summed E-state index contributed by atoms with van der Waals surface area (Å²) in [6.07, 6.45) is 2.99. The Labute approximate surface area is 146 Å². The van der Waals surface area contributed by atoms with Gasteiger partial charge < -0.3 is 10.1 Å². The van der Waals surface area contributed by atoms with Crippen molar-refractivity contribution < 1.29 is 17.9 Å². The summed E-state index contributed by atoms with van der Waals surface area (Å²) in [6.45, 7) is 5.66. The van der Waals surface area contributed by atoms with Crippen molar-refractivity contribution in [2.75, 3.05) is 24.8 Å². The van der Waals surface area contributed by atoms with Gasteiger partial charge in [-0.05, 0) is 24.6 Å². The molecule has 0 aliphatic carbocycles. The molecule has 1 aromatic heterocycles. The number of carbonyl (C=O) groups excluding carboxylic acids is 1. The third-order valence-electron chi connectivity index (χ3n) is 3.41. The molecule has 25 heavy (non-hydrogen) atoms. The van der Waals surface area contributed by atoms with E-state index in [-0.39, 0.29) is 22.8 Å². The van der Waals surface area contributed by atoms with Crippen LogP contribution in [-0.4, -0.2) is 43.8 Å². The van der Waals surface area contributed by atoms with E-state index in [4.69, 9.17) is 4.74 Å². The van der Waals surface area contributed by atoms with Crippen LogP contribution in [0.1, 0.15) is 11.3 Å². The third kappa shape index (κ3) is 4.94. The molecule has 0 saturated carbocycles. The summed E-state index contributed by atoms with van der Waals surface area (Å²) in [6, 6.07) is 5.99. The summed E-state index contributed by atoms with van der Waals surface area (Å²) in [4.78, 5) is 20.5. The lowest BCUT2D eigenvalue weighted by Gasteiger charge is -2.09. The van der Waals surface area contributed by atoms with Gasteiger partial charge in [0.1, 0.15) is 0 Å². The average Bonchev–Trinajstić information content (AvgIpc) is 2.61. The van der Waals surface area contributed by atoms with Crippen LogP contribution >= 0.6 is 0 Å². The van der Waals surface area contributed by atoms with Crippen LogP contribution in [0.25, 0.3) is 5.57 Å². The second-order valence-corrected chi connectivity index (χ2v) is 7.42. The van der Waals surface area contributed by atoms with Crippen molar-refractivity contribution in [3.05, 3.63) is 54.5 Å². The fourth-order valence-electron chi connectivity index (χ4n) is 1.95. The van der Waals surface area contributed by atoms with E-state index in [1.165, 1.54) is 31.6 Å². The molecule has 1 N–H and O–H groups in total. The van der Waals surface area contributed by atoms with E-state index in [9.17, 15) is 13.2 Å². The van der Waals surface area contributed by atoms with Gasteiger partial charge in [-0.25, -0.2) is 13.4 Å². The first kappa shape index (κ1) is 18.8. The molecule has 0 aliphatic heterocycles. The Kier molecular flexibility index (Phi) is 6.00. The number of rotatable bonds is 7. The number of hydrogen-bond acceptors (Lipinski definition) is 6. The standard InChI is InChI=1S/C17H19N3O4S/c1-12-10-19-16(11-18-12)20-17(21)13(2)14-4-6-15(7-5-14)25(22,23)9-8-24-3/h4-7,10-11H,2,8-9H2,1,3H3,(H,19,20,21). The highest BCUT2D eigenvalue weighted by Crippen LogP contribution is 2.18. The Morgan fingerprint density at radius 1 is 1.20 bits per heavy atom. The lowest BCUT2D eigenvalue weighted by atomic mass is 10.1. The van der Waals surface area contributed by atoms with Crippen LogP contribution in [0.15, 0.2) is 48.1 Å². The summed E-state index contributed by atoms with van der Waals surface area (Å²) in [5, 5.41) is 2.59. The van der Waals surface area contributed by atoms with Gasteiger partial charge in [0.05, 0.1) is 35.3 Å². The Morgan fingerprint density at radius 2 is 1.88 bits per heavy atom. The van der Waals surface area contributed by atoms with Gasteiger partial charge in [0.25, 0.3) is 5.91 Å². The molecule has 0 aliphatic rings. The topological polar surface area (TPSA) is 98.3 Å². The third-order valence-corrected chi connectivity index (χ3v) is 5.11. The Hall–Kier alpha value is -2.58. The van der Waals surface area contributed by atoms with Crippen molar-refractivity contribution >= 4 is 27.1 Å². The SMILES string of the molecule is C=C(C(=O)Nc1cnc(C)cn1)c1ccc(S(=O)(=O)CCOC)cc1. The van der Waals surface area contributed by atoms with E-state index in [1.807, 2.05) is 0 Å². The van der Waals surface area contributed by atoms with Crippen molar-refractivity contribution in [2.45, 2.75) is 11.8 Å². The lowest BCUT2D eigenvalue weighted by Crippen LogP contribution is -2.14. The molecule has 8 heteroatoms. The van der Waals surface area contributed by atoms with Gasteiger partial charge in [0.15, 0.2) is 15.7 Å². The predicted molar refractivity (Wildman–Crippen MR) is 94.8 cm³/mol. The van der Waals surface area contributed by atoms with E-state index >= 15 is 0 Å². The monoisotopic (exact) mass is 361 g/mol. The largest absolute Gasteiger partial charge is 0.384 e. The number of sulfone groups is 1. The Morgan fingerprint density at radius 3 is 2.44 bits per heavy atom. The number of carbonyl (C=O) groups is 1. The molecule has 1 heterocycles. The zero-order chi connectivity index (χ0) is 18.4. The molecule has 7 nitrogen and oxygen atoms in total. The molecule has 2 rings (SSSR count). The number of benzene rings is 1. The molecular weight excluding hydrogens is 342 g/mol. The molecule has 0 saturated heterocycles. The summed E-state index contributed by atoms with van der Waals surface area (Å²) >= 11 is 0. The van der Waals surface area contributed by atoms with Crippen molar-refractivity contribution in [1.29, 1.82) is 0 Å². The van der Waals surface area contributed by atoms with Crippen molar-refractivity contribution in [2.24, 2.45) is 0 Å². The molecule has 0 spiro atoms. The molecule has 0 bridgehead atoms. The van der Waals surface area contributed by atoms with Gasteiger partial charge in [-0.1, -0.05) is 18.7 Å². The second kappa shape index (κ2) is 8.00. The number of aromatic nitrogens is 2. The Bertz CT molecular complexity index is 860. The quantitative estimate of drug-likeness (QED) is 0.756. The summed E-state index contributed by atoms with van der Waals surface area (Å²) in [5.41, 5.74) is 1.45. The number of aryl methyl sites for hydroxylation is 1. The number of ether oxygens (including phenoxy) is 1. The molecule has 0 fully saturated rings. The van der Waals surface area contributed by atoms with Crippen LogP contribution in [0.5, 0.6) is 0 Å². The first-order valence-electron chi connectivity index (χ1n) is 7.44. The van der Waals surface area contributed by atoms with E-state index < -0.39 is 15.7 Å². The van der Waals surface area contributed by atoms with Gasteiger partial charge in [0.2, 0.25) is 0 Å². The van der Waals surface area contributed by atoms with Crippen LogP contribution in [-0.2, 0) is 19.4 Å². The number of nitrogens with one attached hydrogen (secondary N) is 1. The first-order chi connectivity index (χ1) is 11.8. The molecule has 1 aromatic carbocycles. The fourth-order valence-corrected chi connectivity index (χ4v) is 3.13. The van der Waals surface area contributed by atoms with Gasteiger partial charge in [0, 0.05) is 12.7 Å². The van der Waals surface area contributed by atoms with Crippen molar-refractivity contribution in [3.63, 3.8) is 0 Å². The molecule has 0 atom stereocenters. The van der Waals surface area contributed by atoms with Gasteiger partial charge in [-0.15, -0.1) is 0 Å². The molecular formula is C17H19N3O4S. The van der Waals surface area contributed by atoms with Crippen LogP contribution in [0.4, 0.5) is 5.82 Å². The zero-order valence-corrected chi connectivity index (χ0v) is 14.8. The molecule has 132 valence electrons. The predicted octanol–water partition coefficient (Wildman–Crippen LogP) is 1.86. The van der Waals surface area contributed by atoms with Crippen LogP contribution < -0.4 is 5.32 Å². The normalized spacial score (nSPS) is 11.1. The summed E-state index contributed by atoms with van der Waals surface area (Å²) < 4.78 is 29.0. The number of methoxy groups -OCH3 is 1. The van der Waals surface area contributed by atoms with Gasteiger partial charge in [-0.2, -0.15) is 0 Å². The Balaban J connectivity index is 2.09. The first-order valence-corrected chi connectivity index (χ1v) is 9.10. The van der Waals surface area contributed by atoms with E-state index in [2.05, 4.69) is 21.9 Å². The number of anilines is 1. The maximum absolute atomic E-state index is 12.2. The van der Waals surface area contributed by atoms with Crippen molar-refractivity contribution in [1.82, 2.24) is 9.97 Å². The summed E-state index contributed by atoms with van der Waals surface area (Å²) in [7, 11) is -1.97. The van der Waals surface area contributed by atoms with E-state index in [0.29, 0.717) is 11.4 Å². The highest BCUT2D eigenvalue weighted by atomic mass is 32.2. The van der Waals surface area contributed by atoms with Gasteiger partial charge in [-0.3, -0.25) is 9.78 Å². The average molecular weight is 361 g/mol. The summed E-state index contributed by atoms with van der Waals surface area (Å²) in [5.74, 6) is -0.222. The van der Waals surface area contributed by atoms with E-state index in [0.717, 1.165) is 5.69 Å². The van der Waals surface area contributed by atoms with Crippen LogP contribution in [0, 0.1) is 6.92 Å². The van der Waals surface area contributed by atoms with Gasteiger partial charge >= 0.3 is 0 Å². The minimum absolute atomic E-state index is 0.101. The number of nitrogens with zero attached hydrogens (tertiary/aromatic N) is 2.